The molecule has 0 bridgehead atoms. The SMILES string of the molecule is O=C(O)CCOc1ccccc1C1CCN(C(=O)c2ccc(Br)cc2)CC1. The molecule has 2 aromatic carbocycles. The van der Waals surface area contributed by atoms with Gasteiger partial charge in [0.05, 0.1) is 13.0 Å². The number of para-hydroxylation sites is 1. The molecule has 1 aliphatic rings. The zero-order chi connectivity index (χ0) is 19.2. The van der Waals surface area contributed by atoms with Gasteiger partial charge in [0.1, 0.15) is 5.75 Å². The lowest BCUT2D eigenvalue weighted by atomic mass is 9.88. The Balaban J connectivity index is 1.61. The van der Waals surface area contributed by atoms with Crippen LogP contribution in [0, 0.1) is 0 Å². The van der Waals surface area contributed by atoms with Crippen LogP contribution in [0.4, 0.5) is 0 Å². The molecule has 5 nitrogen and oxygen atoms in total. The summed E-state index contributed by atoms with van der Waals surface area (Å²) in [5, 5.41) is 8.78. The summed E-state index contributed by atoms with van der Waals surface area (Å²) in [5.74, 6) is 0.246. The van der Waals surface area contributed by atoms with Crippen molar-refractivity contribution in [2.24, 2.45) is 0 Å². The molecule has 1 heterocycles. The zero-order valence-electron chi connectivity index (χ0n) is 14.9. The highest BCUT2D eigenvalue weighted by Crippen LogP contribution is 2.34. The van der Waals surface area contributed by atoms with E-state index < -0.39 is 5.97 Å². The van der Waals surface area contributed by atoms with Gasteiger partial charge < -0.3 is 14.7 Å². The number of likely N-dealkylation sites (tertiary alicyclic amines) is 1. The lowest BCUT2D eigenvalue weighted by Crippen LogP contribution is -2.38. The van der Waals surface area contributed by atoms with Crippen LogP contribution in [-0.4, -0.2) is 41.6 Å². The Morgan fingerprint density at radius 3 is 2.41 bits per heavy atom. The molecule has 0 aromatic heterocycles. The van der Waals surface area contributed by atoms with E-state index in [1.54, 1.807) is 0 Å². The van der Waals surface area contributed by atoms with Crippen molar-refractivity contribution < 1.29 is 19.4 Å². The molecular formula is C21H22BrNO4. The second kappa shape index (κ2) is 9.04. The van der Waals surface area contributed by atoms with Gasteiger partial charge in [0.25, 0.3) is 5.91 Å². The Hall–Kier alpha value is -2.34. The molecule has 0 spiro atoms. The summed E-state index contributed by atoms with van der Waals surface area (Å²) >= 11 is 3.39. The van der Waals surface area contributed by atoms with E-state index in [4.69, 9.17) is 9.84 Å². The van der Waals surface area contributed by atoms with Gasteiger partial charge in [-0.15, -0.1) is 0 Å². The van der Waals surface area contributed by atoms with Crippen molar-refractivity contribution in [3.8, 4) is 5.75 Å². The molecule has 3 rings (SSSR count). The van der Waals surface area contributed by atoms with E-state index in [9.17, 15) is 9.59 Å². The first kappa shape index (κ1) is 19.4. The molecule has 0 atom stereocenters. The number of halogens is 1. The topological polar surface area (TPSA) is 66.8 Å². The van der Waals surface area contributed by atoms with E-state index >= 15 is 0 Å². The maximum atomic E-state index is 12.7. The quantitative estimate of drug-likeness (QED) is 0.739. The van der Waals surface area contributed by atoms with Crippen LogP contribution in [0.5, 0.6) is 5.75 Å². The van der Waals surface area contributed by atoms with E-state index in [2.05, 4.69) is 15.9 Å². The van der Waals surface area contributed by atoms with Crippen LogP contribution in [0.15, 0.2) is 53.0 Å². The molecule has 27 heavy (non-hydrogen) atoms. The minimum Gasteiger partial charge on any atom is -0.493 e. The molecule has 1 amide bonds. The number of rotatable bonds is 6. The second-order valence-corrected chi connectivity index (χ2v) is 7.52. The molecule has 6 heteroatoms. The fourth-order valence-corrected chi connectivity index (χ4v) is 3.63. The third-order valence-corrected chi connectivity index (χ3v) is 5.33. The number of carbonyl (C=O) groups is 2. The van der Waals surface area contributed by atoms with E-state index in [1.807, 2.05) is 53.4 Å². The molecule has 1 N–H and O–H groups in total. The Labute approximate surface area is 167 Å². The first-order chi connectivity index (χ1) is 13.0. The molecule has 142 valence electrons. The van der Waals surface area contributed by atoms with E-state index in [0.29, 0.717) is 24.6 Å². The normalized spacial score (nSPS) is 14.8. The number of carboxylic acid groups (broad SMARTS) is 1. The number of amides is 1. The average molecular weight is 432 g/mol. The lowest BCUT2D eigenvalue weighted by Gasteiger charge is -2.33. The van der Waals surface area contributed by atoms with Crippen molar-refractivity contribution in [2.75, 3.05) is 19.7 Å². The predicted octanol–water partition coefficient (Wildman–Crippen LogP) is 4.32. The molecule has 2 aromatic rings. The van der Waals surface area contributed by atoms with Gasteiger partial charge in [0.15, 0.2) is 0 Å². The molecule has 0 aliphatic carbocycles. The lowest BCUT2D eigenvalue weighted by molar-refractivity contribution is -0.137. The third kappa shape index (κ3) is 5.10. The van der Waals surface area contributed by atoms with Gasteiger partial charge in [-0.2, -0.15) is 0 Å². The van der Waals surface area contributed by atoms with Gasteiger partial charge >= 0.3 is 5.97 Å². The standard InChI is InChI=1S/C21H22BrNO4/c22-17-7-5-16(6-8-17)21(26)23-12-9-15(10-13-23)18-3-1-2-4-19(18)27-14-11-20(24)25/h1-8,15H,9-14H2,(H,24,25). The van der Waals surface area contributed by atoms with E-state index in [0.717, 1.165) is 28.6 Å². The average Bonchev–Trinajstić information content (AvgIpc) is 2.68. The Kier molecular flexibility index (Phi) is 6.50. The minimum atomic E-state index is -0.868. The van der Waals surface area contributed by atoms with Gasteiger partial charge in [-0.1, -0.05) is 34.1 Å². The Bertz CT molecular complexity index is 798. The maximum absolute atomic E-state index is 12.7. The molecular weight excluding hydrogens is 410 g/mol. The van der Waals surface area contributed by atoms with Crippen molar-refractivity contribution in [2.45, 2.75) is 25.2 Å². The Morgan fingerprint density at radius 1 is 1.07 bits per heavy atom. The highest BCUT2D eigenvalue weighted by atomic mass is 79.9. The number of hydrogen-bond donors (Lipinski definition) is 1. The summed E-state index contributed by atoms with van der Waals surface area (Å²) in [4.78, 5) is 25.2. The van der Waals surface area contributed by atoms with E-state index in [-0.39, 0.29) is 18.9 Å². The highest BCUT2D eigenvalue weighted by Gasteiger charge is 2.26. The smallest absolute Gasteiger partial charge is 0.306 e. The van der Waals surface area contributed by atoms with Crippen LogP contribution < -0.4 is 4.74 Å². The second-order valence-electron chi connectivity index (χ2n) is 6.60. The molecule has 0 radical (unpaired) electrons. The summed E-state index contributed by atoms with van der Waals surface area (Å²) < 4.78 is 6.65. The molecule has 1 fully saturated rings. The fourth-order valence-electron chi connectivity index (χ4n) is 3.37. The van der Waals surface area contributed by atoms with Crippen molar-refractivity contribution in [3.63, 3.8) is 0 Å². The number of nitrogens with zero attached hydrogens (tertiary/aromatic N) is 1. The fraction of sp³-hybridized carbons (Fsp3) is 0.333. The predicted molar refractivity (Wildman–Crippen MR) is 106 cm³/mol. The van der Waals surface area contributed by atoms with Gasteiger partial charge in [-0.05, 0) is 54.7 Å². The van der Waals surface area contributed by atoms with Crippen LogP contribution >= 0.6 is 15.9 Å². The molecule has 1 saturated heterocycles. The van der Waals surface area contributed by atoms with Gasteiger partial charge in [-0.3, -0.25) is 9.59 Å². The highest BCUT2D eigenvalue weighted by molar-refractivity contribution is 9.10. The third-order valence-electron chi connectivity index (χ3n) is 4.81. The molecule has 1 aliphatic heterocycles. The number of hydrogen-bond acceptors (Lipinski definition) is 3. The van der Waals surface area contributed by atoms with Crippen LogP contribution in [0.1, 0.15) is 41.1 Å². The van der Waals surface area contributed by atoms with Crippen molar-refractivity contribution in [1.82, 2.24) is 4.90 Å². The van der Waals surface area contributed by atoms with Crippen LogP contribution in [0.25, 0.3) is 0 Å². The monoisotopic (exact) mass is 431 g/mol. The number of carboxylic acids is 1. The summed E-state index contributed by atoms with van der Waals surface area (Å²) in [6, 6.07) is 15.2. The number of carbonyl (C=O) groups excluding carboxylic acids is 1. The van der Waals surface area contributed by atoms with Crippen molar-refractivity contribution in [1.29, 1.82) is 0 Å². The van der Waals surface area contributed by atoms with Gasteiger partial charge in [0, 0.05) is 23.1 Å². The number of aliphatic carboxylic acids is 1. The number of benzene rings is 2. The first-order valence-corrected chi connectivity index (χ1v) is 9.82. The van der Waals surface area contributed by atoms with Crippen molar-refractivity contribution in [3.05, 3.63) is 64.1 Å². The summed E-state index contributed by atoms with van der Waals surface area (Å²) in [5.41, 5.74) is 1.80. The summed E-state index contributed by atoms with van der Waals surface area (Å²) in [7, 11) is 0. The first-order valence-electron chi connectivity index (χ1n) is 9.03. The minimum absolute atomic E-state index is 0.0194. The molecule has 0 unspecified atom stereocenters. The van der Waals surface area contributed by atoms with E-state index in [1.165, 1.54) is 0 Å². The van der Waals surface area contributed by atoms with Crippen LogP contribution in [0.2, 0.25) is 0 Å². The van der Waals surface area contributed by atoms with Gasteiger partial charge in [0.2, 0.25) is 0 Å². The summed E-state index contributed by atoms with van der Waals surface area (Å²) in [6.45, 7) is 1.55. The number of piperidine rings is 1. The van der Waals surface area contributed by atoms with Crippen LogP contribution in [0.3, 0.4) is 0 Å². The molecule has 0 saturated carbocycles. The van der Waals surface area contributed by atoms with Gasteiger partial charge in [-0.25, -0.2) is 0 Å². The number of ether oxygens (including phenoxy) is 1. The Morgan fingerprint density at radius 2 is 1.74 bits per heavy atom. The van der Waals surface area contributed by atoms with Crippen molar-refractivity contribution >= 4 is 27.8 Å². The maximum Gasteiger partial charge on any atom is 0.306 e. The largest absolute Gasteiger partial charge is 0.493 e. The zero-order valence-corrected chi connectivity index (χ0v) is 16.5. The van der Waals surface area contributed by atoms with Crippen LogP contribution in [-0.2, 0) is 4.79 Å². The summed E-state index contributed by atoms with van der Waals surface area (Å²) in [6.07, 6.45) is 1.71.